The van der Waals surface area contributed by atoms with Crippen LogP contribution in [-0.2, 0) is 17.8 Å². The Morgan fingerprint density at radius 1 is 1.29 bits per heavy atom. The quantitative estimate of drug-likeness (QED) is 0.792. The highest BCUT2D eigenvalue weighted by atomic mass is 32.1. The Balaban J connectivity index is 1.72. The van der Waals surface area contributed by atoms with E-state index in [0.717, 1.165) is 21.4 Å². The normalized spacial score (nSPS) is 11.0. The van der Waals surface area contributed by atoms with Gasteiger partial charge in [0.15, 0.2) is 0 Å². The number of nitrogens with one attached hydrogen (secondary N) is 1. The van der Waals surface area contributed by atoms with Crippen LogP contribution >= 0.6 is 11.3 Å². The fourth-order valence-corrected chi connectivity index (χ4v) is 2.95. The minimum Gasteiger partial charge on any atom is -0.464 e. The van der Waals surface area contributed by atoms with Crippen molar-refractivity contribution in [1.82, 2.24) is 5.32 Å². The molecule has 0 saturated carbocycles. The molecule has 2 heterocycles. The van der Waals surface area contributed by atoms with Gasteiger partial charge in [0, 0.05) is 15.8 Å². The van der Waals surface area contributed by atoms with Gasteiger partial charge in [0.1, 0.15) is 5.58 Å². The molecule has 108 valence electrons. The van der Waals surface area contributed by atoms with Gasteiger partial charge >= 0.3 is 0 Å². The van der Waals surface area contributed by atoms with Crippen LogP contribution in [0.25, 0.3) is 11.0 Å². The smallest absolute Gasteiger partial charge is 0.224 e. The summed E-state index contributed by atoms with van der Waals surface area (Å²) in [5.41, 5.74) is 4.20. The van der Waals surface area contributed by atoms with Gasteiger partial charge in [-0.2, -0.15) is 0 Å². The molecule has 3 rings (SSSR count). The SMILES string of the molecule is Cc1cc2occ(CC(=O)NCc3cccs3)c2cc1C. The van der Waals surface area contributed by atoms with E-state index in [4.69, 9.17) is 4.42 Å². The number of thiophene rings is 1. The summed E-state index contributed by atoms with van der Waals surface area (Å²) in [4.78, 5) is 13.2. The minimum absolute atomic E-state index is 0.0179. The van der Waals surface area contributed by atoms with E-state index in [1.165, 1.54) is 11.1 Å². The second-order valence-electron chi connectivity index (χ2n) is 5.23. The van der Waals surface area contributed by atoms with Gasteiger partial charge in [-0.1, -0.05) is 6.07 Å². The summed E-state index contributed by atoms with van der Waals surface area (Å²) < 4.78 is 5.56. The van der Waals surface area contributed by atoms with Crippen molar-refractivity contribution in [2.24, 2.45) is 0 Å². The van der Waals surface area contributed by atoms with E-state index in [-0.39, 0.29) is 5.91 Å². The fraction of sp³-hybridized carbons (Fsp3) is 0.235. The molecule has 21 heavy (non-hydrogen) atoms. The molecule has 1 amide bonds. The standard InChI is InChI=1S/C17H17NO2S/c1-11-6-15-13(10-20-16(15)7-12(11)2)8-17(19)18-9-14-4-3-5-21-14/h3-7,10H,8-9H2,1-2H3,(H,18,19). The lowest BCUT2D eigenvalue weighted by molar-refractivity contribution is -0.120. The number of carbonyl (C=O) groups excluding carboxylic acids is 1. The first kappa shape index (κ1) is 13.9. The summed E-state index contributed by atoms with van der Waals surface area (Å²) in [6.45, 7) is 4.72. The largest absolute Gasteiger partial charge is 0.464 e. The zero-order valence-corrected chi connectivity index (χ0v) is 12.9. The first-order valence-corrected chi connectivity index (χ1v) is 7.78. The molecular weight excluding hydrogens is 282 g/mol. The van der Waals surface area contributed by atoms with Crippen LogP contribution in [0.1, 0.15) is 21.6 Å². The van der Waals surface area contributed by atoms with Crippen LogP contribution in [0.3, 0.4) is 0 Å². The number of carbonyl (C=O) groups is 1. The predicted octanol–water partition coefficient (Wildman–Crippen LogP) is 3.97. The van der Waals surface area contributed by atoms with Gasteiger partial charge in [0.05, 0.1) is 19.2 Å². The molecule has 0 spiro atoms. The second kappa shape index (κ2) is 5.74. The van der Waals surface area contributed by atoms with Crippen LogP contribution in [0.2, 0.25) is 0 Å². The van der Waals surface area contributed by atoms with Crippen molar-refractivity contribution in [3.8, 4) is 0 Å². The highest BCUT2D eigenvalue weighted by molar-refractivity contribution is 7.09. The number of fused-ring (bicyclic) bond motifs is 1. The molecule has 2 aromatic heterocycles. The molecule has 0 aliphatic heterocycles. The predicted molar refractivity (Wildman–Crippen MR) is 85.6 cm³/mol. The summed E-state index contributed by atoms with van der Waals surface area (Å²) in [5, 5.41) is 5.99. The molecule has 0 aliphatic carbocycles. The molecule has 3 nitrogen and oxygen atoms in total. The number of benzene rings is 1. The topological polar surface area (TPSA) is 42.2 Å². The molecule has 1 aromatic carbocycles. The van der Waals surface area contributed by atoms with Crippen molar-refractivity contribution in [3.63, 3.8) is 0 Å². The zero-order valence-electron chi connectivity index (χ0n) is 12.1. The molecular formula is C17H17NO2S. The summed E-state index contributed by atoms with van der Waals surface area (Å²) in [6, 6.07) is 8.12. The van der Waals surface area contributed by atoms with Crippen LogP contribution in [0.4, 0.5) is 0 Å². The molecule has 0 fully saturated rings. The Kier molecular flexibility index (Phi) is 3.80. The summed E-state index contributed by atoms with van der Waals surface area (Å²) in [5.74, 6) is 0.0179. The summed E-state index contributed by atoms with van der Waals surface area (Å²) in [7, 11) is 0. The maximum absolute atomic E-state index is 12.1. The highest BCUT2D eigenvalue weighted by Gasteiger charge is 2.11. The molecule has 3 aromatic rings. The Labute approximate surface area is 127 Å². The van der Waals surface area contributed by atoms with Gasteiger partial charge in [0.25, 0.3) is 0 Å². The molecule has 0 radical (unpaired) electrons. The van der Waals surface area contributed by atoms with Crippen molar-refractivity contribution in [1.29, 1.82) is 0 Å². The van der Waals surface area contributed by atoms with Gasteiger partial charge in [-0.05, 0) is 48.6 Å². The Morgan fingerprint density at radius 3 is 2.86 bits per heavy atom. The van der Waals surface area contributed by atoms with E-state index in [0.29, 0.717) is 13.0 Å². The minimum atomic E-state index is 0.0179. The van der Waals surface area contributed by atoms with E-state index in [9.17, 15) is 4.79 Å². The van der Waals surface area contributed by atoms with Crippen molar-refractivity contribution in [2.45, 2.75) is 26.8 Å². The number of rotatable bonds is 4. The Hall–Kier alpha value is -2.07. The number of hydrogen-bond donors (Lipinski definition) is 1. The van der Waals surface area contributed by atoms with Crippen LogP contribution in [-0.4, -0.2) is 5.91 Å². The van der Waals surface area contributed by atoms with E-state index < -0.39 is 0 Å². The maximum Gasteiger partial charge on any atom is 0.224 e. The molecule has 0 saturated heterocycles. The lowest BCUT2D eigenvalue weighted by Gasteiger charge is -2.03. The third-order valence-electron chi connectivity index (χ3n) is 3.66. The molecule has 0 atom stereocenters. The third kappa shape index (κ3) is 3.00. The lowest BCUT2D eigenvalue weighted by atomic mass is 10.0. The lowest BCUT2D eigenvalue weighted by Crippen LogP contribution is -2.23. The van der Waals surface area contributed by atoms with E-state index in [2.05, 4.69) is 25.2 Å². The van der Waals surface area contributed by atoms with Crippen molar-refractivity contribution in [2.75, 3.05) is 0 Å². The van der Waals surface area contributed by atoms with Gasteiger partial charge in [0.2, 0.25) is 5.91 Å². The average molecular weight is 299 g/mol. The Morgan fingerprint density at radius 2 is 2.10 bits per heavy atom. The number of hydrogen-bond acceptors (Lipinski definition) is 3. The van der Waals surface area contributed by atoms with E-state index >= 15 is 0 Å². The van der Waals surface area contributed by atoms with Gasteiger partial charge in [-0.15, -0.1) is 11.3 Å². The van der Waals surface area contributed by atoms with Crippen molar-refractivity contribution < 1.29 is 9.21 Å². The fourth-order valence-electron chi connectivity index (χ4n) is 2.31. The zero-order chi connectivity index (χ0) is 14.8. The van der Waals surface area contributed by atoms with Crippen LogP contribution in [0, 0.1) is 13.8 Å². The van der Waals surface area contributed by atoms with Crippen LogP contribution in [0.15, 0.2) is 40.3 Å². The first-order chi connectivity index (χ1) is 10.1. The molecule has 4 heteroatoms. The number of aryl methyl sites for hydroxylation is 2. The third-order valence-corrected chi connectivity index (χ3v) is 4.54. The number of furan rings is 1. The van der Waals surface area contributed by atoms with Crippen molar-refractivity contribution in [3.05, 3.63) is 57.5 Å². The van der Waals surface area contributed by atoms with Crippen molar-refractivity contribution >= 4 is 28.2 Å². The maximum atomic E-state index is 12.1. The highest BCUT2D eigenvalue weighted by Crippen LogP contribution is 2.25. The molecule has 1 N–H and O–H groups in total. The van der Waals surface area contributed by atoms with Gasteiger partial charge < -0.3 is 9.73 Å². The van der Waals surface area contributed by atoms with E-state index in [1.54, 1.807) is 17.6 Å². The van der Waals surface area contributed by atoms with Crippen LogP contribution < -0.4 is 5.32 Å². The summed E-state index contributed by atoms with van der Waals surface area (Å²) in [6.07, 6.45) is 2.04. The molecule has 0 aliphatic rings. The van der Waals surface area contributed by atoms with Gasteiger partial charge in [-0.3, -0.25) is 4.79 Å². The van der Waals surface area contributed by atoms with Crippen LogP contribution in [0.5, 0.6) is 0 Å². The second-order valence-corrected chi connectivity index (χ2v) is 6.26. The molecule has 0 unspecified atom stereocenters. The first-order valence-electron chi connectivity index (χ1n) is 6.90. The number of amides is 1. The Bertz CT molecular complexity index is 772. The molecule has 0 bridgehead atoms. The average Bonchev–Trinajstić information content (AvgIpc) is 3.09. The monoisotopic (exact) mass is 299 g/mol. The summed E-state index contributed by atoms with van der Waals surface area (Å²) >= 11 is 1.65. The van der Waals surface area contributed by atoms with E-state index in [1.807, 2.05) is 23.6 Å². The van der Waals surface area contributed by atoms with Gasteiger partial charge in [-0.25, -0.2) is 0 Å².